The van der Waals surface area contributed by atoms with E-state index in [1.807, 2.05) is 4.90 Å². The molecule has 0 saturated carbocycles. The quantitative estimate of drug-likeness (QED) is 0.610. The van der Waals surface area contributed by atoms with Gasteiger partial charge in [0, 0.05) is 38.3 Å². The Balaban J connectivity index is 1.81. The summed E-state index contributed by atoms with van der Waals surface area (Å²) in [7, 11) is 0. The molecule has 1 aliphatic rings. The lowest BCUT2D eigenvalue weighted by Crippen LogP contribution is -2.48. The van der Waals surface area contributed by atoms with Crippen LogP contribution in [0.5, 0.6) is 0 Å². The molecule has 0 unspecified atom stereocenters. The molecule has 2 rings (SSSR count). The number of anilines is 1. The van der Waals surface area contributed by atoms with Crippen LogP contribution in [0.1, 0.15) is 6.42 Å². The third kappa shape index (κ3) is 4.34. The highest BCUT2D eigenvalue weighted by Crippen LogP contribution is 2.17. The summed E-state index contributed by atoms with van der Waals surface area (Å²) in [5.74, 6) is -0.185. The van der Waals surface area contributed by atoms with E-state index in [0.717, 1.165) is 18.8 Å². The smallest absolute Gasteiger partial charge is 0.224 e. The molecule has 1 heterocycles. The van der Waals surface area contributed by atoms with Crippen molar-refractivity contribution in [1.29, 1.82) is 0 Å². The largest absolute Gasteiger partial charge is 0.370 e. The average molecular weight is 293 g/mol. The predicted molar refractivity (Wildman–Crippen MR) is 80.5 cm³/mol. The fraction of sp³-hybridized carbons (Fsp3) is 0.429. The molecule has 1 saturated heterocycles. The number of hydrogen-bond donors (Lipinski definition) is 2. The van der Waals surface area contributed by atoms with Crippen LogP contribution in [0.15, 0.2) is 29.3 Å². The molecule has 114 valence electrons. The van der Waals surface area contributed by atoms with Gasteiger partial charge in [-0.25, -0.2) is 4.39 Å². The molecule has 0 spiro atoms. The van der Waals surface area contributed by atoms with Crippen LogP contribution in [0.3, 0.4) is 0 Å². The Bertz CT molecular complexity index is 505. The van der Waals surface area contributed by atoms with E-state index in [0.29, 0.717) is 26.1 Å². The second-order valence-corrected chi connectivity index (χ2v) is 4.90. The Morgan fingerprint density at radius 1 is 1.14 bits per heavy atom. The molecule has 1 fully saturated rings. The van der Waals surface area contributed by atoms with E-state index in [1.165, 1.54) is 12.1 Å². The van der Waals surface area contributed by atoms with Gasteiger partial charge in [0.1, 0.15) is 5.82 Å². The van der Waals surface area contributed by atoms with Crippen molar-refractivity contribution in [2.24, 2.45) is 16.5 Å². The molecule has 0 aromatic heterocycles. The zero-order valence-electron chi connectivity index (χ0n) is 11.8. The Kier molecular flexibility index (Phi) is 4.97. The van der Waals surface area contributed by atoms with Gasteiger partial charge in [-0.1, -0.05) is 0 Å². The summed E-state index contributed by atoms with van der Waals surface area (Å²) >= 11 is 0. The first-order valence-electron chi connectivity index (χ1n) is 6.90. The van der Waals surface area contributed by atoms with Gasteiger partial charge in [0.15, 0.2) is 5.96 Å². The third-order valence-corrected chi connectivity index (χ3v) is 3.44. The van der Waals surface area contributed by atoms with Crippen LogP contribution in [0.2, 0.25) is 0 Å². The van der Waals surface area contributed by atoms with E-state index in [2.05, 4.69) is 9.89 Å². The SMILES string of the molecule is NC(N)=NCCC(=O)N1CCN(c2ccc(F)cc2)CC1. The summed E-state index contributed by atoms with van der Waals surface area (Å²) in [6, 6.07) is 6.40. The number of piperazine rings is 1. The molecule has 0 bridgehead atoms. The lowest BCUT2D eigenvalue weighted by molar-refractivity contribution is -0.131. The fourth-order valence-corrected chi connectivity index (χ4v) is 2.30. The number of nitrogens with zero attached hydrogens (tertiary/aromatic N) is 3. The van der Waals surface area contributed by atoms with E-state index in [4.69, 9.17) is 11.5 Å². The summed E-state index contributed by atoms with van der Waals surface area (Å²) in [6.07, 6.45) is 0.314. The second-order valence-electron chi connectivity index (χ2n) is 4.90. The molecule has 0 radical (unpaired) electrons. The predicted octanol–water partition coefficient (Wildman–Crippen LogP) is 0.138. The van der Waals surface area contributed by atoms with Crippen molar-refractivity contribution >= 4 is 17.6 Å². The number of carbonyl (C=O) groups is 1. The number of amides is 1. The Hall–Kier alpha value is -2.31. The highest BCUT2D eigenvalue weighted by Gasteiger charge is 2.20. The standard InChI is InChI=1S/C14H20FN5O/c15-11-1-3-12(4-2-11)19-7-9-20(10-8-19)13(21)5-6-18-14(16)17/h1-4H,5-10H2,(H4,16,17,18). The van der Waals surface area contributed by atoms with E-state index in [-0.39, 0.29) is 17.7 Å². The van der Waals surface area contributed by atoms with Gasteiger partial charge in [-0.05, 0) is 24.3 Å². The maximum Gasteiger partial charge on any atom is 0.224 e. The Labute approximate surface area is 123 Å². The van der Waals surface area contributed by atoms with Crippen molar-refractivity contribution < 1.29 is 9.18 Å². The number of benzene rings is 1. The molecule has 6 nitrogen and oxygen atoms in total. The van der Waals surface area contributed by atoms with Crippen molar-refractivity contribution in [3.63, 3.8) is 0 Å². The van der Waals surface area contributed by atoms with Gasteiger partial charge < -0.3 is 21.3 Å². The molecule has 4 N–H and O–H groups in total. The zero-order chi connectivity index (χ0) is 15.2. The molecule has 1 aromatic carbocycles. The average Bonchev–Trinajstić information content (AvgIpc) is 2.48. The number of aliphatic imine (C=N–C) groups is 1. The lowest BCUT2D eigenvalue weighted by Gasteiger charge is -2.36. The molecule has 1 aliphatic heterocycles. The number of carbonyl (C=O) groups excluding carboxylic acids is 1. The molecule has 0 aliphatic carbocycles. The van der Waals surface area contributed by atoms with Crippen molar-refractivity contribution in [1.82, 2.24) is 4.90 Å². The number of guanidine groups is 1. The van der Waals surface area contributed by atoms with Crippen molar-refractivity contribution in [3.8, 4) is 0 Å². The summed E-state index contributed by atoms with van der Waals surface area (Å²) in [4.78, 5) is 19.7. The molecular weight excluding hydrogens is 273 g/mol. The zero-order valence-corrected chi connectivity index (χ0v) is 11.8. The van der Waals surface area contributed by atoms with Crippen LogP contribution in [0.4, 0.5) is 10.1 Å². The van der Waals surface area contributed by atoms with Gasteiger partial charge in [-0.3, -0.25) is 9.79 Å². The van der Waals surface area contributed by atoms with Crippen LogP contribution < -0.4 is 16.4 Å². The van der Waals surface area contributed by atoms with Crippen molar-refractivity contribution in [2.45, 2.75) is 6.42 Å². The molecular formula is C14H20FN5O. The van der Waals surface area contributed by atoms with Crippen LogP contribution in [-0.2, 0) is 4.79 Å². The molecule has 0 atom stereocenters. The summed E-state index contributed by atoms with van der Waals surface area (Å²) in [5, 5.41) is 0. The van der Waals surface area contributed by atoms with Crippen LogP contribution in [0.25, 0.3) is 0 Å². The number of nitrogens with two attached hydrogens (primary N) is 2. The van der Waals surface area contributed by atoms with Crippen LogP contribution in [0, 0.1) is 5.82 Å². The van der Waals surface area contributed by atoms with E-state index in [1.54, 1.807) is 12.1 Å². The highest BCUT2D eigenvalue weighted by molar-refractivity contribution is 5.78. The van der Waals surface area contributed by atoms with Crippen molar-refractivity contribution in [3.05, 3.63) is 30.1 Å². The molecule has 21 heavy (non-hydrogen) atoms. The number of hydrogen-bond acceptors (Lipinski definition) is 3. The van der Waals surface area contributed by atoms with Gasteiger partial charge >= 0.3 is 0 Å². The molecule has 1 aromatic rings. The topological polar surface area (TPSA) is 87.9 Å². The van der Waals surface area contributed by atoms with Gasteiger partial charge in [0.25, 0.3) is 0 Å². The Morgan fingerprint density at radius 3 is 2.33 bits per heavy atom. The normalized spacial score (nSPS) is 14.9. The first-order chi connectivity index (χ1) is 10.1. The van der Waals surface area contributed by atoms with Gasteiger partial charge in [-0.15, -0.1) is 0 Å². The Morgan fingerprint density at radius 2 is 1.76 bits per heavy atom. The summed E-state index contributed by atoms with van der Waals surface area (Å²) in [6.45, 7) is 3.09. The maximum absolute atomic E-state index is 12.9. The third-order valence-electron chi connectivity index (χ3n) is 3.44. The maximum atomic E-state index is 12.9. The minimum atomic E-state index is -0.243. The lowest BCUT2D eigenvalue weighted by atomic mass is 10.2. The highest BCUT2D eigenvalue weighted by atomic mass is 19.1. The first-order valence-corrected chi connectivity index (χ1v) is 6.90. The molecule has 7 heteroatoms. The molecule has 1 amide bonds. The summed E-state index contributed by atoms with van der Waals surface area (Å²) < 4.78 is 12.9. The van der Waals surface area contributed by atoms with Crippen LogP contribution in [-0.4, -0.2) is 49.5 Å². The minimum absolute atomic E-state index is 0.00364. The van der Waals surface area contributed by atoms with Crippen molar-refractivity contribution in [2.75, 3.05) is 37.6 Å². The van der Waals surface area contributed by atoms with Gasteiger partial charge in [0.05, 0.1) is 6.54 Å². The van der Waals surface area contributed by atoms with Gasteiger partial charge in [0.2, 0.25) is 5.91 Å². The second kappa shape index (κ2) is 6.92. The summed E-state index contributed by atoms with van der Waals surface area (Å²) in [5.41, 5.74) is 11.4. The monoisotopic (exact) mass is 293 g/mol. The number of halogens is 1. The van der Waals surface area contributed by atoms with E-state index < -0.39 is 0 Å². The van der Waals surface area contributed by atoms with Crippen LogP contribution >= 0.6 is 0 Å². The fourth-order valence-electron chi connectivity index (χ4n) is 2.30. The van der Waals surface area contributed by atoms with E-state index in [9.17, 15) is 9.18 Å². The van der Waals surface area contributed by atoms with E-state index >= 15 is 0 Å². The first kappa shape index (κ1) is 15.1. The van der Waals surface area contributed by atoms with Gasteiger partial charge in [-0.2, -0.15) is 0 Å². The number of rotatable bonds is 4. The minimum Gasteiger partial charge on any atom is -0.370 e.